The fourth-order valence-electron chi connectivity index (χ4n) is 4.95. The minimum Gasteiger partial charge on any atom is -0.508 e. The zero-order valence-electron chi connectivity index (χ0n) is 20.3. The van der Waals surface area contributed by atoms with Gasteiger partial charge < -0.3 is 24.8 Å². The lowest BCUT2D eigenvalue weighted by Gasteiger charge is -2.28. The van der Waals surface area contributed by atoms with E-state index in [-0.39, 0.29) is 17.8 Å². The van der Waals surface area contributed by atoms with Gasteiger partial charge in [-0.1, -0.05) is 6.07 Å². The molecule has 0 bridgehead atoms. The van der Waals surface area contributed by atoms with Gasteiger partial charge in [0.2, 0.25) is 0 Å². The zero-order valence-corrected chi connectivity index (χ0v) is 21.1. The van der Waals surface area contributed by atoms with E-state index in [0.717, 1.165) is 34.1 Å². The molecule has 1 aliphatic heterocycles. The van der Waals surface area contributed by atoms with Crippen LogP contribution in [0, 0.1) is 13.8 Å². The molecule has 2 N–H and O–H groups in total. The minimum absolute atomic E-state index is 0.108. The molecule has 2 aromatic heterocycles. The van der Waals surface area contributed by atoms with Crippen molar-refractivity contribution in [1.82, 2.24) is 14.9 Å². The van der Waals surface area contributed by atoms with Crippen LogP contribution < -0.4 is 15.1 Å². The largest absolute Gasteiger partial charge is 0.508 e. The molecule has 0 saturated carbocycles. The SMILES string of the molecule is Cc1cc([C@@H]2[C@H](c3ccccn3)NC(=S)N2c2ccc(O)cc2)c(C)n1-c1ccc(N(C)C)cc1. The highest BCUT2D eigenvalue weighted by molar-refractivity contribution is 7.80. The van der Waals surface area contributed by atoms with Gasteiger partial charge in [0.15, 0.2) is 5.11 Å². The van der Waals surface area contributed by atoms with E-state index in [1.165, 1.54) is 5.56 Å². The van der Waals surface area contributed by atoms with Crippen molar-refractivity contribution in [2.75, 3.05) is 23.9 Å². The van der Waals surface area contributed by atoms with Crippen LogP contribution in [0.3, 0.4) is 0 Å². The van der Waals surface area contributed by atoms with E-state index in [0.29, 0.717) is 5.11 Å². The number of rotatable bonds is 5. The fraction of sp³-hybridized carbons (Fsp3) is 0.214. The lowest BCUT2D eigenvalue weighted by molar-refractivity contribution is 0.475. The third kappa shape index (κ3) is 4.12. The van der Waals surface area contributed by atoms with Gasteiger partial charge in [0, 0.05) is 48.7 Å². The van der Waals surface area contributed by atoms with Gasteiger partial charge in [0.05, 0.1) is 17.8 Å². The molecule has 3 heterocycles. The molecule has 0 radical (unpaired) electrons. The Hall–Kier alpha value is -3.84. The van der Waals surface area contributed by atoms with Crippen LogP contribution >= 0.6 is 12.2 Å². The first-order valence-corrected chi connectivity index (χ1v) is 12.0. The molecule has 1 aliphatic rings. The van der Waals surface area contributed by atoms with Crippen molar-refractivity contribution < 1.29 is 5.11 Å². The number of nitrogens with zero attached hydrogens (tertiary/aromatic N) is 4. The molecule has 0 amide bonds. The van der Waals surface area contributed by atoms with Crippen LogP contribution in [0.25, 0.3) is 5.69 Å². The number of hydrogen-bond acceptors (Lipinski definition) is 4. The van der Waals surface area contributed by atoms with E-state index >= 15 is 0 Å². The molecule has 1 saturated heterocycles. The summed E-state index contributed by atoms with van der Waals surface area (Å²) in [7, 11) is 4.09. The third-order valence-electron chi connectivity index (χ3n) is 6.64. The average molecular weight is 484 g/mol. The van der Waals surface area contributed by atoms with Gasteiger partial charge in [-0.15, -0.1) is 0 Å². The molecule has 2 aromatic carbocycles. The van der Waals surface area contributed by atoms with Gasteiger partial charge in [-0.05, 0) is 98.4 Å². The molecule has 7 heteroatoms. The molecule has 0 aliphatic carbocycles. The second kappa shape index (κ2) is 9.07. The first-order valence-electron chi connectivity index (χ1n) is 11.6. The number of anilines is 2. The molecule has 0 spiro atoms. The molecular formula is C28H29N5OS. The number of nitrogens with one attached hydrogen (secondary N) is 1. The van der Waals surface area contributed by atoms with Crippen LogP contribution in [-0.4, -0.2) is 33.9 Å². The molecule has 4 aromatic rings. The molecule has 2 atom stereocenters. The number of aryl methyl sites for hydroxylation is 1. The second-order valence-corrected chi connectivity index (χ2v) is 9.47. The molecule has 0 unspecified atom stereocenters. The standard InChI is InChI=1S/C28H29N5OS/c1-18-17-24(19(2)32(18)21-10-8-20(9-11-21)31(3)4)27-26(25-7-5-6-16-29-25)30-28(35)33(27)22-12-14-23(34)15-13-22/h5-17,26-27,34H,1-4H3,(H,30,35)/t26-,27+/m0/s1. The smallest absolute Gasteiger partial charge is 0.174 e. The number of benzene rings is 2. The Bertz CT molecular complexity index is 1350. The maximum Gasteiger partial charge on any atom is 0.174 e. The highest BCUT2D eigenvalue weighted by Gasteiger charge is 2.42. The number of hydrogen-bond donors (Lipinski definition) is 2. The van der Waals surface area contributed by atoms with Gasteiger partial charge in [-0.25, -0.2) is 0 Å². The number of aromatic nitrogens is 2. The fourth-order valence-corrected chi connectivity index (χ4v) is 5.29. The summed E-state index contributed by atoms with van der Waals surface area (Å²) in [6, 6.07) is 23.8. The lowest BCUT2D eigenvalue weighted by Crippen LogP contribution is -2.29. The molecule has 5 rings (SSSR count). The van der Waals surface area contributed by atoms with Crippen molar-refractivity contribution in [3.63, 3.8) is 0 Å². The topological polar surface area (TPSA) is 56.6 Å². The van der Waals surface area contributed by atoms with Crippen molar-refractivity contribution in [2.45, 2.75) is 25.9 Å². The number of phenolic OH excluding ortho intramolecular Hbond substituents is 1. The molecular weight excluding hydrogens is 454 g/mol. The first-order chi connectivity index (χ1) is 16.8. The summed E-state index contributed by atoms with van der Waals surface area (Å²) in [4.78, 5) is 8.89. The molecule has 35 heavy (non-hydrogen) atoms. The summed E-state index contributed by atoms with van der Waals surface area (Å²) in [5.41, 5.74) is 7.62. The molecule has 1 fully saturated rings. The lowest BCUT2D eigenvalue weighted by atomic mass is 9.96. The monoisotopic (exact) mass is 483 g/mol. The van der Waals surface area contributed by atoms with Crippen molar-refractivity contribution in [2.24, 2.45) is 0 Å². The van der Waals surface area contributed by atoms with E-state index in [1.807, 2.05) is 50.6 Å². The summed E-state index contributed by atoms with van der Waals surface area (Å²) in [5.74, 6) is 0.226. The summed E-state index contributed by atoms with van der Waals surface area (Å²) >= 11 is 5.84. The van der Waals surface area contributed by atoms with Crippen LogP contribution in [0.2, 0.25) is 0 Å². The Morgan fingerprint density at radius 1 is 0.943 bits per heavy atom. The van der Waals surface area contributed by atoms with Crippen molar-refractivity contribution in [3.05, 3.63) is 102 Å². The predicted molar refractivity (Wildman–Crippen MR) is 146 cm³/mol. The van der Waals surface area contributed by atoms with E-state index in [1.54, 1.807) is 12.1 Å². The summed E-state index contributed by atoms with van der Waals surface area (Å²) in [6.45, 7) is 4.30. The zero-order chi connectivity index (χ0) is 24.7. The second-order valence-electron chi connectivity index (χ2n) is 9.09. The Morgan fingerprint density at radius 2 is 1.63 bits per heavy atom. The maximum absolute atomic E-state index is 9.86. The third-order valence-corrected chi connectivity index (χ3v) is 6.95. The average Bonchev–Trinajstić information content (AvgIpc) is 3.35. The summed E-state index contributed by atoms with van der Waals surface area (Å²) < 4.78 is 2.29. The number of aromatic hydroxyl groups is 1. The molecule has 178 valence electrons. The van der Waals surface area contributed by atoms with Crippen molar-refractivity contribution in [1.29, 1.82) is 0 Å². The van der Waals surface area contributed by atoms with E-state index in [4.69, 9.17) is 12.2 Å². The number of phenols is 1. The minimum atomic E-state index is -0.123. The van der Waals surface area contributed by atoms with Gasteiger partial charge in [-0.2, -0.15) is 0 Å². The quantitative estimate of drug-likeness (QED) is 0.369. The Balaban J connectivity index is 1.64. The highest BCUT2D eigenvalue weighted by Crippen LogP contribution is 2.44. The van der Waals surface area contributed by atoms with Gasteiger partial charge >= 0.3 is 0 Å². The van der Waals surface area contributed by atoms with E-state index in [9.17, 15) is 5.11 Å². The molecule has 6 nitrogen and oxygen atoms in total. The van der Waals surface area contributed by atoms with Crippen LogP contribution in [0.4, 0.5) is 11.4 Å². The predicted octanol–water partition coefficient (Wildman–Crippen LogP) is 5.44. The van der Waals surface area contributed by atoms with Crippen LogP contribution in [0.15, 0.2) is 79.0 Å². The van der Waals surface area contributed by atoms with Gasteiger partial charge in [-0.3, -0.25) is 4.98 Å². The Morgan fingerprint density at radius 3 is 2.26 bits per heavy atom. The highest BCUT2D eigenvalue weighted by atomic mass is 32.1. The summed E-state index contributed by atoms with van der Waals surface area (Å²) in [6.07, 6.45) is 1.82. The first kappa shape index (κ1) is 22.9. The van der Waals surface area contributed by atoms with E-state index < -0.39 is 0 Å². The van der Waals surface area contributed by atoms with Gasteiger partial charge in [0.1, 0.15) is 5.75 Å². The van der Waals surface area contributed by atoms with Gasteiger partial charge in [0.25, 0.3) is 0 Å². The maximum atomic E-state index is 9.86. The Kier molecular flexibility index (Phi) is 5.94. The van der Waals surface area contributed by atoms with Crippen LogP contribution in [0.5, 0.6) is 5.75 Å². The van der Waals surface area contributed by atoms with E-state index in [2.05, 4.69) is 68.8 Å². The van der Waals surface area contributed by atoms with Crippen molar-refractivity contribution in [3.8, 4) is 11.4 Å². The number of thiocarbonyl (C=S) groups is 1. The Labute approximate surface area is 211 Å². The van der Waals surface area contributed by atoms with Crippen molar-refractivity contribution >= 4 is 28.7 Å². The number of pyridine rings is 1. The van der Waals surface area contributed by atoms with Crippen LogP contribution in [-0.2, 0) is 0 Å². The normalized spacial score (nSPS) is 17.5. The van der Waals surface area contributed by atoms with Crippen LogP contribution in [0.1, 0.15) is 34.7 Å². The summed E-state index contributed by atoms with van der Waals surface area (Å²) in [5, 5.41) is 14.0.